The Morgan fingerprint density at radius 2 is 2.10 bits per heavy atom. The summed E-state index contributed by atoms with van der Waals surface area (Å²) >= 11 is 1.68. The number of likely N-dealkylation sites (N-methyl/N-ethyl adjacent to an activating group) is 1. The lowest BCUT2D eigenvalue weighted by Crippen LogP contribution is -2.47. The van der Waals surface area contributed by atoms with Gasteiger partial charge in [0.15, 0.2) is 0 Å². The predicted octanol–water partition coefficient (Wildman–Crippen LogP) is 1.27. The Bertz CT molecular complexity index is 437. The molecule has 0 saturated carbocycles. The van der Waals surface area contributed by atoms with Gasteiger partial charge in [0.25, 0.3) is 0 Å². The Morgan fingerprint density at radius 1 is 1.43 bits per heavy atom. The zero-order valence-electron chi connectivity index (χ0n) is 12.7. The molecule has 0 fully saturated rings. The van der Waals surface area contributed by atoms with E-state index in [1.807, 2.05) is 31.4 Å². The van der Waals surface area contributed by atoms with E-state index in [-0.39, 0.29) is 36.7 Å². The highest BCUT2D eigenvalue weighted by Gasteiger charge is 2.18. The molecular formula is C14H24ClN3O2S. The summed E-state index contributed by atoms with van der Waals surface area (Å²) in [6.45, 7) is 4.39. The molecular weight excluding hydrogens is 310 g/mol. The van der Waals surface area contributed by atoms with Gasteiger partial charge in [0, 0.05) is 18.5 Å². The third-order valence-corrected chi connectivity index (χ3v) is 4.07. The average molecular weight is 334 g/mol. The standard InChI is InChI=1S/C14H23N3O2S.ClH/c1-10(2)13(15)14(19)16-9-12(18)17(3)7-6-11-5-4-8-20-11;/h4-5,8,10,13H,6-7,9,15H2,1-3H3,(H,16,19);1H/t13-;/m0./s1. The van der Waals surface area contributed by atoms with Crippen molar-refractivity contribution >= 4 is 35.6 Å². The zero-order chi connectivity index (χ0) is 15.1. The van der Waals surface area contributed by atoms with Crippen LogP contribution in [0.1, 0.15) is 18.7 Å². The minimum atomic E-state index is -0.570. The molecule has 1 aromatic rings. The largest absolute Gasteiger partial charge is 0.346 e. The topological polar surface area (TPSA) is 75.4 Å². The molecule has 1 rings (SSSR count). The molecule has 1 aromatic heterocycles. The van der Waals surface area contributed by atoms with E-state index in [1.54, 1.807) is 23.3 Å². The molecule has 0 aliphatic heterocycles. The fourth-order valence-corrected chi connectivity index (χ4v) is 2.27. The van der Waals surface area contributed by atoms with Crippen LogP contribution in [-0.2, 0) is 16.0 Å². The van der Waals surface area contributed by atoms with Gasteiger partial charge in [0.05, 0.1) is 12.6 Å². The number of carbonyl (C=O) groups excluding carboxylic acids is 2. The Labute approximate surface area is 136 Å². The third kappa shape index (κ3) is 6.93. The predicted molar refractivity (Wildman–Crippen MR) is 88.7 cm³/mol. The van der Waals surface area contributed by atoms with Gasteiger partial charge in [-0.1, -0.05) is 19.9 Å². The van der Waals surface area contributed by atoms with Crippen LogP contribution in [0.5, 0.6) is 0 Å². The van der Waals surface area contributed by atoms with Crippen LogP contribution in [0.2, 0.25) is 0 Å². The molecule has 2 amide bonds. The van der Waals surface area contributed by atoms with Crippen molar-refractivity contribution < 1.29 is 9.59 Å². The van der Waals surface area contributed by atoms with Crippen LogP contribution < -0.4 is 11.1 Å². The van der Waals surface area contributed by atoms with E-state index < -0.39 is 6.04 Å². The van der Waals surface area contributed by atoms with E-state index in [4.69, 9.17) is 5.73 Å². The molecule has 0 bridgehead atoms. The van der Waals surface area contributed by atoms with Gasteiger partial charge in [0.1, 0.15) is 0 Å². The monoisotopic (exact) mass is 333 g/mol. The van der Waals surface area contributed by atoms with Crippen molar-refractivity contribution in [3.63, 3.8) is 0 Å². The van der Waals surface area contributed by atoms with Gasteiger partial charge in [-0.15, -0.1) is 23.7 Å². The summed E-state index contributed by atoms with van der Waals surface area (Å²) in [6, 6.07) is 3.47. The second-order valence-electron chi connectivity index (χ2n) is 5.13. The van der Waals surface area contributed by atoms with Gasteiger partial charge >= 0.3 is 0 Å². The molecule has 21 heavy (non-hydrogen) atoms. The number of amides is 2. The number of carbonyl (C=O) groups is 2. The van der Waals surface area contributed by atoms with Gasteiger partial charge in [-0.05, 0) is 23.8 Å². The SMILES string of the molecule is CC(C)[C@H](N)C(=O)NCC(=O)N(C)CCc1cccs1.Cl. The quantitative estimate of drug-likeness (QED) is 0.789. The Kier molecular flexibility index (Phi) is 9.24. The molecule has 7 heteroatoms. The number of hydrogen-bond acceptors (Lipinski definition) is 4. The molecule has 5 nitrogen and oxygen atoms in total. The van der Waals surface area contributed by atoms with Crippen LogP contribution in [-0.4, -0.2) is 42.9 Å². The molecule has 1 heterocycles. The minimum absolute atomic E-state index is 0. The average Bonchev–Trinajstić information content (AvgIpc) is 2.93. The first kappa shape index (κ1) is 19.9. The van der Waals surface area contributed by atoms with Crippen molar-refractivity contribution in [3.8, 4) is 0 Å². The first-order chi connectivity index (χ1) is 9.41. The van der Waals surface area contributed by atoms with Crippen LogP contribution >= 0.6 is 23.7 Å². The van der Waals surface area contributed by atoms with Crippen molar-refractivity contribution in [2.24, 2.45) is 11.7 Å². The van der Waals surface area contributed by atoms with Gasteiger partial charge in [-0.3, -0.25) is 9.59 Å². The van der Waals surface area contributed by atoms with Crippen LogP contribution in [0, 0.1) is 5.92 Å². The number of nitrogens with one attached hydrogen (secondary N) is 1. The first-order valence-electron chi connectivity index (χ1n) is 6.71. The highest BCUT2D eigenvalue weighted by Crippen LogP contribution is 2.09. The lowest BCUT2D eigenvalue weighted by molar-refractivity contribution is -0.132. The number of halogens is 1. The lowest BCUT2D eigenvalue weighted by Gasteiger charge is -2.19. The highest BCUT2D eigenvalue weighted by atomic mass is 35.5. The molecule has 120 valence electrons. The molecule has 1 atom stereocenters. The number of thiophene rings is 1. The summed E-state index contributed by atoms with van der Waals surface area (Å²) in [7, 11) is 1.74. The summed E-state index contributed by atoms with van der Waals surface area (Å²) < 4.78 is 0. The fraction of sp³-hybridized carbons (Fsp3) is 0.571. The maximum atomic E-state index is 11.9. The van der Waals surface area contributed by atoms with Gasteiger partial charge < -0.3 is 16.0 Å². The summed E-state index contributed by atoms with van der Waals surface area (Å²) in [5, 5.41) is 4.60. The molecule has 0 saturated heterocycles. The Balaban J connectivity index is 0.00000400. The number of hydrogen-bond donors (Lipinski definition) is 2. The van der Waals surface area contributed by atoms with E-state index in [2.05, 4.69) is 5.32 Å². The second-order valence-corrected chi connectivity index (χ2v) is 6.16. The second kappa shape index (κ2) is 9.76. The molecule has 0 aliphatic carbocycles. The van der Waals surface area contributed by atoms with Crippen LogP contribution in [0.4, 0.5) is 0 Å². The summed E-state index contributed by atoms with van der Waals surface area (Å²) in [4.78, 5) is 26.4. The maximum Gasteiger partial charge on any atom is 0.241 e. The van der Waals surface area contributed by atoms with Gasteiger partial charge in [-0.2, -0.15) is 0 Å². The van der Waals surface area contributed by atoms with Crippen molar-refractivity contribution in [3.05, 3.63) is 22.4 Å². The maximum absolute atomic E-state index is 11.9. The van der Waals surface area contributed by atoms with Crippen LogP contribution in [0.15, 0.2) is 17.5 Å². The van der Waals surface area contributed by atoms with E-state index in [0.717, 1.165) is 6.42 Å². The molecule has 0 unspecified atom stereocenters. The van der Waals surface area contributed by atoms with Crippen molar-refractivity contribution in [2.75, 3.05) is 20.1 Å². The number of nitrogens with zero attached hydrogens (tertiary/aromatic N) is 1. The first-order valence-corrected chi connectivity index (χ1v) is 7.59. The molecule has 0 aliphatic rings. The van der Waals surface area contributed by atoms with Crippen LogP contribution in [0.3, 0.4) is 0 Å². The third-order valence-electron chi connectivity index (χ3n) is 3.13. The van der Waals surface area contributed by atoms with Crippen LogP contribution in [0.25, 0.3) is 0 Å². The molecule has 0 aromatic carbocycles. The lowest BCUT2D eigenvalue weighted by atomic mass is 10.1. The Morgan fingerprint density at radius 3 is 2.62 bits per heavy atom. The summed E-state index contributed by atoms with van der Waals surface area (Å²) in [6.07, 6.45) is 0.833. The van der Waals surface area contributed by atoms with Crippen molar-refractivity contribution in [1.82, 2.24) is 10.2 Å². The molecule has 3 N–H and O–H groups in total. The highest BCUT2D eigenvalue weighted by molar-refractivity contribution is 7.09. The summed E-state index contributed by atoms with van der Waals surface area (Å²) in [5.74, 6) is -0.326. The fourth-order valence-electron chi connectivity index (χ4n) is 1.58. The van der Waals surface area contributed by atoms with E-state index >= 15 is 0 Å². The minimum Gasteiger partial charge on any atom is -0.346 e. The van der Waals surface area contributed by atoms with E-state index in [1.165, 1.54) is 4.88 Å². The normalized spacial score (nSPS) is 11.7. The van der Waals surface area contributed by atoms with Gasteiger partial charge in [-0.25, -0.2) is 0 Å². The molecule has 0 radical (unpaired) electrons. The zero-order valence-corrected chi connectivity index (χ0v) is 14.3. The molecule has 0 spiro atoms. The smallest absolute Gasteiger partial charge is 0.241 e. The summed E-state index contributed by atoms with van der Waals surface area (Å²) in [5.41, 5.74) is 5.71. The van der Waals surface area contributed by atoms with Gasteiger partial charge in [0.2, 0.25) is 11.8 Å². The number of rotatable bonds is 7. The van der Waals surface area contributed by atoms with E-state index in [0.29, 0.717) is 6.54 Å². The van der Waals surface area contributed by atoms with E-state index in [9.17, 15) is 9.59 Å². The number of nitrogens with two attached hydrogens (primary N) is 1. The Hall–Kier alpha value is -1.11. The van der Waals surface area contributed by atoms with Crippen molar-refractivity contribution in [2.45, 2.75) is 26.3 Å². The van der Waals surface area contributed by atoms with Crippen molar-refractivity contribution in [1.29, 1.82) is 0 Å².